The summed E-state index contributed by atoms with van der Waals surface area (Å²) in [5, 5.41) is 0. The predicted molar refractivity (Wildman–Crippen MR) is 26.9 cm³/mol. The van der Waals surface area contributed by atoms with Gasteiger partial charge in [-0.2, -0.15) is 0 Å². The third kappa shape index (κ3) is 3.22. The van der Waals surface area contributed by atoms with Gasteiger partial charge in [0.25, 0.3) is 0 Å². The van der Waals surface area contributed by atoms with Gasteiger partial charge < -0.3 is 0 Å². The van der Waals surface area contributed by atoms with Crippen molar-refractivity contribution in [3.8, 4) is 0 Å². The van der Waals surface area contributed by atoms with E-state index in [2.05, 4.69) is 0 Å². The molecule has 0 spiro atoms. The Morgan fingerprint density at radius 3 is 1.33 bits per heavy atom. The molecule has 0 nitrogen and oxygen atoms in total. The zero-order valence-corrected chi connectivity index (χ0v) is 3.46. The smallest absolute Gasteiger partial charge is 0.0623 e. The van der Waals surface area contributed by atoms with Crippen molar-refractivity contribution >= 4 is 0 Å². The lowest BCUT2D eigenvalue weighted by Gasteiger charge is -1.60. The number of hydrogen-bond donors (Lipinski definition) is 0. The molecule has 2 radical (unpaired) electrons. The molecule has 0 saturated carbocycles. The van der Waals surface area contributed by atoms with Crippen LogP contribution in [0.2, 0.25) is 0 Å². The molecule has 0 fully saturated rings. The standard InChI is InChI=1S/C6H6/c1-3-5-6-4-2/h1-6H/b3-1?,4-2?,6-5-. The highest BCUT2D eigenvalue weighted by atomic mass is 13.5. The van der Waals surface area contributed by atoms with Crippen molar-refractivity contribution in [2.24, 2.45) is 0 Å². The molecule has 0 heterocycles. The van der Waals surface area contributed by atoms with Crippen LogP contribution >= 0.6 is 0 Å². The zero-order valence-electron chi connectivity index (χ0n) is 3.46. The second kappa shape index (κ2) is 4.22. The Balaban J connectivity index is 3.17. The minimum absolute atomic E-state index is 1.42. The van der Waals surface area contributed by atoms with Crippen LogP contribution in [0.25, 0.3) is 0 Å². The highest BCUT2D eigenvalue weighted by molar-refractivity contribution is 5.03. The van der Waals surface area contributed by atoms with Crippen molar-refractivity contribution in [1.29, 1.82) is 0 Å². The molecule has 0 unspecified atom stereocenters. The third-order valence-corrected chi connectivity index (χ3v) is 0.333. The molecule has 0 aromatic carbocycles. The molecule has 0 saturated heterocycles. The first kappa shape index (κ1) is 5.22. The van der Waals surface area contributed by atoms with Gasteiger partial charge in [-0.25, -0.2) is 0 Å². The quantitative estimate of drug-likeness (QED) is 0.439. The van der Waals surface area contributed by atoms with Gasteiger partial charge in [-0.1, -0.05) is 37.5 Å². The summed E-state index contributed by atoms with van der Waals surface area (Å²) in [7, 11) is 0. The highest BCUT2D eigenvalue weighted by Gasteiger charge is 1.47. The van der Waals surface area contributed by atoms with Crippen LogP contribution in [-0.2, 0) is 0 Å². The van der Waals surface area contributed by atoms with Crippen molar-refractivity contribution in [3.05, 3.63) is 37.5 Å². The number of rotatable bonds is 2. The number of allylic oxidation sites excluding steroid dienone is 4. The Morgan fingerprint density at radius 2 is 1.17 bits per heavy atom. The first-order chi connectivity index (χ1) is 2.91. The summed E-state index contributed by atoms with van der Waals surface area (Å²) >= 11 is 0. The maximum absolute atomic E-state index is 4.93. The first-order valence-corrected chi connectivity index (χ1v) is 1.67. The lowest BCUT2D eigenvalue weighted by atomic mass is 10.5. The molecule has 30 valence electrons. The van der Waals surface area contributed by atoms with Crippen molar-refractivity contribution in [2.75, 3.05) is 0 Å². The molecule has 0 amide bonds. The molecular formula is C6H6. The van der Waals surface area contributed by atoms with Crippen LogP contribution in [0, 0.1) is 13.2 Å². The van der Waals surface area contributed by atoms with Crippen molar-refractivity contribution < 1.29 is 0 Å². The van der Waals surface area contributed by atoms with Crippen LogP contribution in [0.1, 0.15) is 0 Å². The lowest BCUT2D eigenvalue weighted by Crippen LogP contribution is -1.38. The van der Waals surface area contributed by atoms with E-state index in [0.29, 0.717) is 0 Å². The van der Waals surface area contributed by atoms with Crippen molar-refractivity contribution in [1.82, 2.24) is 0 Å². The zero-order chi connectivity index (χ0) is 4.83. The summed E-state index contributed by atoms with van der Waals surface area (Å²) < 4.78 is 0. The summed E-state index contributed by atoms with van der Waals surface area (Å²) in [5.74, 6) is 0. The third-order valence-electron chi connectivity index (χ3n) is 0.333. The van der Waals surface area contributed by atoms with Gasteiger partial charge in [-0.15, -0.1) is 0 Å². The van der Waals surface area contributed by atoms with Gasteiger partial charge in [0.05, 0.1) is 0 Å². The van der Waals surface area contributed by atoms with Crippen molar-refractivity contribution in [2.45, 2.75) is 0 Å². The molecule has 0 atom stereocenters. The van der Waals surface area contributed by atoms with Gasteiger partial charge in [-0.3, -0.25) is 0 Å². The van der Waals surface area contributed by atoms with Crippen LogP contribution in [0.4, 0.5) is 0 Å². The number of hydrogen-bond acceptors (Lipinski definition) is 0. The molecular weight excluding hydrogens is 72.1 g/mol. The van der Waals surface area contributed by atoms with E-state index in [4.69, 9.17) is 13.2 Å². The van der Waals surface area contributed by atoms with Gasteiger partial charge in [0, 0.05) is 0 Å². The SMILES string of the molecule is [CH]=C/C=C\C=[CH]. The maximum atomic E-state index is 4.93. The molecule has 6 heavy (non-hydrogen) atoms. The van der Waals surface area contributed by atoms with E-state index < -0.39 is 0 Å². The highest BCUT2D eigenvalue weighted by Crippen LogP contribution is 1.69. The van der Waals surface area contributed by atoms with Crippen LogP contribution in [-0.4, -0.2) is 0 Å². The van der Waals surface area contributed by atoms with Crippen LogP contribution in [0.3, 0.4) is 0 Å². The topological polar surface area (TPSA) is 0 Å². The second-order valence-corrected chi connectivity index (χ2v) is 0.770. The molecule has 0 N–H and O–H groups in total. The molecule has 0 aromatic heterocycles. The van der Waals surface area contributed by atoms with Gasteiger partial charge in [-0.05, 0) is 0 Å². The normalized spacial score (nSPS) is 8.67. The van der Waals surface area contributed by atoms with Gasteiger partial charge in [0.15, 0.2) is 0 Å². The maximum Gasteiger partial charge on any atom is -0.0623 e. The molecule has 0 bridgehead atoms. The Kier molecular flexibility index (Phi) is 3.67. The molecule has 0 heteroatoms. The van der Waals surface area contributed by atoms with Gasteiger partial charge in [0.1, 0.15) is 0 Å². The van der Waals surface area contributed by atoms with E-state index in [1.807, 2.05) is 0 Å². The van der Waals surface area contributed by atoms with Crippen LogP contribution in [0.15, 0.2) is 24.3 Å². The van der Waals surface area contributed by atoms with Crippen LogP contribution in [0.5, 0.6) is 0 Å². The monoisotopic (exact) mass is 78.0 g/mol. The van der Waals surface area contributed by atoms with Crippen molar-refractivity contribution in [3.63, 3.8) is 0 Å². The lowest BCUT2D eigenvalue weighted by molar-refractivity contribution is 1.95. The molecule has 0 aliphatic rings. The Morgan fingerprint density at radius 1 is 0.833 bits per heavy atom. The molecule has 0 rings (SSSR count). The largest absolute Gasteiger partial charge is 0.0623 e. The van der Waals surface area contributed by atoms with Gasteiger partial charge >= 0.3 is 0 Å². The van der Waals surface area contributed by atoms with Gasteiger partial charge in [0.2, 0.25) is 0 Å². The van der Waals surface area contributed by atoms with E-state index >= 15 is 0 Å². The Hall–Kier alpha value is -0.780. The fourth-order valence-corrected chi connectivity index (χ4v) is 0.128. The predicted octanol–water partition coefficient (Wildman–Crippen LogP) is 1.52. The van der Waals surface area contributed by atoms with E-state index in [-0.39, 0.29) is 0 Å². The summed E-state index contributed by atoms with van der Waals surface area (Å²) in [6, 6.07) is 0. The van der Waals surface area contributed by atoms with E-state index in [1.165, 1.54) is 12.2 Å². The average molecular weight is 78.1 g/mol. The molecule has 0 aliphatic heterocycles. The summed E-state index contributed by atoms with van der Waals surface area (Å²) in [6.07, 6.45) is 6.15. The summed E-state index contributed by atoms with van der Waals surface area (Å²) in [5.41, 5.74) is 0. The fraction of sp³-hybridized carbons (Fsp3) is 0. The Bertz CT molecular complexity index is 58.1. The Labute approximate surface area is 38.5 Å². The second-order valence-electron chi connectivity index (χ2n) is 0.770. The van der Waals surface area contributed by atoms with Crippen LogP contribution < -0.4 is 0 Å². The molecule has 0 aliphatic carbocycles. The summed E-state index contributed by atoms with van der Waals surface area (Å²) in [6.45, 7) is 9.85. The first-order valence-electron chi connectivity index (χ1n) is 1.67. The average Bonchev–Trinajstić information content (AvgIpc) is 1.61. The van der Waals surface area contributed by atoms with E-state index in [9.17, 15) is 0 Å². The molecule has 0 aromatic rings. The fourth-order valence-electron chi connectivity index (χ4n) is 0.128. The van der Waals surface area contributed by atoms with E-state index in [1.54, 1.807) is 12.2 Å². The van der Waals surface area contributed by atoms with E-state index in [0.717, 1.165) is 0 Å². The minimum Gasteiger partial charge on any atom is -0.0623 e. The minimum atomic E-state index is 1.42. The summed E-state index contributed by atoms with van der Waals surface area (Å²) in [4.78, 5) is 0.